The largest absolute Gasteiger partial charge is 0.362 e. The summed E-state index contributed by atoms with van der Waals surface area (Å²) in [6.45, 7) is 5.55. The molecule has 4 rings (SSSR count). The Morgan fingerprint density at radius 3 is 3.05 bits per heavy atom. The molecule has 1 unspecified atom stereocenters. The van der Waals surface area contributed by atoms with E-state index in [1.54, 1.807) is 0 Å². The van der Waals surface area contributed by atoms with Crippen LogP contribution < -0.4 is 0 Å². The molecule has 4 heteroatoms. The first-order valence-electron chi connectivity index (χ1n) is 7.51. The van der Waals surface area contributed by atoms with Crippen molar-refractivity contribution in [2.45, 2.75) is 38.8 Å². The van der Waals surface area contributed by atoms with Crippen LogP contribution in [0.1, 0.15) is 42.7 Å². The van der Waals surface area contributed by atoms with Gasteiger partial charge in [0.1, 0.15) is 5.60 Å². The van der Waals surface area contributed by atoms with E-state index in [2.05, 4.69) is 21.7 Å². The highest BCUT2D eigenvalue weighted by Crippen LogP contribution is 2.46. The van der Waals surface area contributed by atoms with Crippen molar-refractivity contribution >= 4 is 0 Å². The normalized spacial score (nSPS) is 22.0. The Balaban J connectivity index is 0.000000636. The van der Waals surface area contributed by atoms with Crippen LogP contribution in [-0.4, -0.2) is 16.2 Å². The number of fused-ring (bicyclic) bond motifs is 4. The van der Waals surface area contributed by atoms with E-state index in [1.165, 1.54) is 5.56 Å². The summed E-state index contributed by atoms with van der Waals surface area (Å²) in [4.78, 5) is 4.26. The van der Waals surface area contributed by atoms with E-state index < -0.39 is 5.60 Å². The molecule has 0 bridgehead atoms. The van der Waals surface area contributed by atoms with E-state index in [-0.39, 0.29) is 0 Å². The van der Waals surface area contributed by atoms with Crippen molar-refractivity contribution < 1.29 is 4.74 Å². The fourth-order valence-corrected chi connectivity index (χ4v) is 3.33. The van der Waals surface area contributed by atoms with E-state index in [4.69, 9.17) is 10.00 Å². The Bertz CT molecular complexity index is 698. The van der Waals surface area contributed by atoms with Crippen LogP contribution in [0.15, 0.2) is 30.7 Å². The van der Waals surface area contributed by atoms with Crippen molar-refractivity contribution in [2.24, 2.45) is 0 Å². The SMILES string of the molecule is CC.N#Cc1ccc2c(c1)C1(CC2)OCCn2cncc21. The van der Waals surface area contributed by atoms with Gasteiger partial charge in [0.2, 0.25) is 0 Å². The highest BCUT2D eigenvalue weighted by molar-refractivity contribution is 5.48. The molecule has 0 saturated heterocycles. The molecule has 0 amide bonds. The number of rotatable bonds is 0. The molecular formula is C17H19N3O. The van der Waals surface area contributed by atoms with Gasteiger partial charge in [-0.1, -0.05) is 19.9 Å². The minimum Gasteiger partial charge on any atom is -0.362 e. The van der Waals surface area contributed by atoms with Gasteiger partial charge >= 0.3 is 0 Å². The molecule has 1 aromatic carbocycles. The van der Waals surface area contributed by atoms with Gasteiger partial charge < -0.3 is 9.30 Å². The summed E-state index contributed by atoms with van der Waals surface area (Å²) in [7, 11) is 0. The number of nitrogens with zero attached hydrogens (tertiary/aromatic N) is 3. The van der Waals surface area contributed by atoms with Crippen molar-refractivity contribution in [3.63, 3.8) is 0 Å². The lowest BCUT2D eigenvalue weighted by molar-refractivity contribution is -0.0457. The smallest absolute Gasteiger partial charge is 0.135 e. The van der Waals surface area contributed by atoms with Gasteiger partial charge in [0.05, 0.1) is 36.5 Å². The molecule has 1 spiro atoms. The van der Waals surface area contributed by atoms with Crippen LogP contribution in [0.5, 0.6) is 0 Å². The highest BCUT2D eigenvalue weighted by Gasteiger charge is 2.45. The maximum atomic E-state index is 9.10. The standard InChI is InChI=1S/C15H13N3O.C2H6/c16-8-11-1-2-12-3-4-15(13(12)7-11)14-9-17-10-18(14)5-6-19-15;1-2/h1-2,7,9-10H,3-6H2;1-2H3. The summed E-state index contributed by atoms with van der Waals surface area (Å²) in [6, 6.07) is 8.14. The molecular weight excluding hydrogens is 262 g/mol. The van der Waals surface area contributed by atoms with Crippen molar-refractivity contribution in [2.75, 3.05) is 6.61 Å². The second kappa shape index (κ2) is 5.34. The van der Waals surface area contributed by atoms with Crippen LogP contribution in [0.25, 0.3) is 0 Å². The Morgan fingerprint density at radius 2 is 2.24 bits per heavy atom. The van der Waals surface area contributed by atoms with Gasteiger partial charge in [-0.25, -0.2) is 4.98 Å². The third-order valence-corrected chi connectivity index (χ3v) is 4.23. The quantitative estimate of drug-likeness (QED) is 0.746. The van der Waals surface area contributed by atoms with Gasteiger partial charge in [0.25, 0.3) is 0 Å². The monoisotopic (exact) mass is 281 g/mol. The van der Waals surface area contributed by atoms with Crippen LogP contribution in [0.2, 0.25) is 0 Å². The molecule has 2 aliphatic rings. The van der Waals surface area contributed by atoms with Crippen molar-refractivity contribution in [1.29, 1.82) is 5.26 Å². The van der Waals surface area contributed by atoms with Crippen molar-refractivity contribution in [3.8, 4) is 6.07 Å². The zero-order valence-electron chi connectivity index (χ0n) is 12.5. The molecule has 108 valence electrons. The zero-order chi connectivity index (χ0) is 14.9. The van der Waals surface area contributed by atoms with Gasteiger partial charge in [-0.05, 0) is 36.1 Å². The Hall–Kier alpha value is -2.12. The predicted octanol–water partition coefficient (Wildman–Crippen LogP) is 3.00. The van der Waals surface area contributed by atoms with Gasteiger partial charge in [-0.3, -0.25) is 0 Å². The summed E-state index contributed by atoms with van der Waals surface area (Å²) in [5.41, 5.74) is 3.85. The second-order valence-corrected chi connectivity index (χ2v) is 5.13. The van der Waals surface area contributed by atoms with E-state index in [0.29, 0.717) is 12.2 Å². The molecule has 1 aromatic heterocycles. The number of hydrogen-bond acceptors (Lipinski definition) is 3. The molecule has 1 aliphatic carbocycles. The average molecular weight is 281 g/mol. The van der Waals surface area contributed by atoms with Crippen molar-refractivity contribution in [1.82, 2.24) is 9.55 Å². The molecule has 21 heavy (non-hydrogen) atoms. The predicted molar refractivity (Wildman–Crippen MR) is 79.8 cm³/mol. The molecule has 0 radical (unpaired) electrons. The number of benzene rings is 1. The minimum absolute atomic E-state index is 0.392. The number of aryl methyl sites for hydroxylation is 1. The summed E-state index contributed by atoms with van der Waals surface area (Å²) < 4.78 is 8.33. The first-order valence-corrected chi connectivity index (χ1v) is 7.51. The van der Waals surface area contributed by atoms with E-state index in [1.807, 2.05) is 38.5 Å². The fourth-order valence-electron chi connectivity index (χ4n) is 3.33. The lowest BCUT2D eigenvalue weighted by Crippen LogP contribution is -2.37. The maximum Gasteiger partial charge on any atom is 0.135 e. The molecule has 1 atom stereocenters. The second-order valence-electron chi connectivity index (χ2n) is 5.13. The van der Waals surface area contributed by atoms with E-state index in [0.717, 1.165) is 30.6 Å². The highest BCUT2D eigenvalue weighted by atomic mass is 16.5. The molecule has 4 nitrogen and oxygen atoms in total. The maximum absolute atomic E-state index is 9.10. The van der Waals surface area contributed by atoms with Gasteiger partial charge in [-0.2, -0.15) is 5.26 Å². The Labute approximate surface area is 125 Å². The number of aromatic nitrogens is 2. The van der Waals surface area contributed by atoms with E-state index in [9.17, 15) is 0 Å². The summed E-state index contributed by atoms with van der Waals surface area (Å²) in [5.74, 6) is 0. The van der Waals surface area contributed by atoms with Gasteiger partial charge in [0.15, 0.2) is 0 Å². The summed E-state index contributed by atoms with van der Waals surface area (Å²) in [6.07, 6.45) is 5.69. The van der Waals surface area contributed by atoms with Gasteiger partial charge in [-0.15, -0.1) is 0 Å². The third-order valence-electron chi connectivity index (χ3n) is 4.23. The molecule has 0 N–H and O–H groups in total. The van der Waals surface area contributed by atoms with Crippen LogP contribution in [0, 0.1) is 11.3 Å². The molecule has 0 saturated carbocycles. The summed E-state index contributed by atoms with van der Waals surface area (Å²) in [5, 5.41) is 9.10. The van der Waals surface area contributed by atoms with Crippen molar-refractivity contribution in [3.05, 3.63) is 53.1 Å². The van der Waals surface area contributed by atoms with Crippen LogP contribution in [0.4, 0.5) is 0 Å². The Morgan fingerprint density at radius 1 is 1.38 bits per heavy atom. The molecule has 2 aromatic rings. The minimum atomic E-state index is -0.392. The fraction of sp³-hybridized carbons (Fsp3) is 0.412. The lowest BCUT2D eigenvalue weighted by atomic mass is 9.90. The Kier molecular flexibility index (Phi) is 3.52. The third kappa shape index (κ3) is 1.97. The van der Waals surface area contributed by atoms with E-state index >= 15 is 0 Å². The number of imidazole rings is 1. The van der Waals surface area contributed by atoms with Crippen LogP contribution in [-0.2, 0) is 23.3 Å². The topological polar surface area (TPSA) is 50.8 Å². The number of hydrogen-bond donors (Lipinski definition) is 0. The van der Waals surface area contributed by atoms with Crippen LogP contribution >= 0.6 is 0 Å². The average Bonchev–Trinajstić information content (AvgIpc) is 3.16. The number of nitriles is 1. The van der Waals surface area contributed by atoms with Gasteiger partial charge in [0, 0.05) is 6.54 Å². The first kappa shape index (κ1) is 13.8. The first-order chi connectivity index (χ1) is 10.3. The molecule has 1 aliphatic heterocycles. The van der Waals surface area contributed by atoms with Crippen LogP contribution in [0.3, 0.4) is 0 Å². The number of ether oxygens (including phenoxy) is 1. The molecule has 2 heterocycles. The molecule has 0 fully saturated rings. The summed E-state index contributed by atoms with van der Waals surface area (Å²) >= 11 is 0. The lowest BCUT2D eigenvalue weighted by Gasteiger charge is -2.35. The zero-order valence-corrected chi connectivity index (χ0v) is 12.5.